The number of carbonyl (C=O) groups is 1. The largest absolute Gasteiger partial charge is 0.435 e. The Labute approximate surface area is 151 Å². The van der Waals surface area contributed by atoms with Gasteiger partial charge < -0.3 is 10.1 Å². The maximum atomic E-state index is 12.1. The summed E-state index contributed by atoms with van der Waals surface area (Å²) in [7, 11) is 0. The third-order valence-corrected chi connectivity index (χ3v) is 5.42. The highest BCUT2D eigenvalue weighted by molar-refractivity contribution is 8.01. The summed E-state index contributed by atoms with van der Waals surface area (Å²) in [6.07, 6.45) is 0. The summed E-state index contributed by atoms with van der Waals surface area (Å²) in [5, 5.41) is 2.79. The molecule has 1 aromatic heterocycles. The maximum Gasteiger partial charge on any atom is 0.387 e. The lowest BCUT2D eigenvalue weighted by Crippen LogP contribution is -2.24. The summed E-state index contributed by atoms with van der Waals surface area (Å²) in [5.74, 6) is 0.250. The van der Waals surface area contributed by atoms with Gasteiger partial charge in [0.1, 0.15) is 5.75 Å². The number of thiazole rings is 1. The molecule has 0 saturated carbocycles. The topological polar surface area (TPSA) is 51.2 Å². The molecule has 0 aliphatic heterocycles. The first-order chi connectivity index (χ1) is 12.1. The molecule has 0 atom stereocenters. The number of nitrogens with one attached hydrogen (secondary N) is 1. The van der Waals surface area contributed by atoms with Gasteiger partial charge in [-0.2, -0.15) is 8.78 Å². The number of para-hydroxylation sites is 1. The van der Waals surface area contributed by atoms with E-state index in [0.29, 0.717) is 6.54 Å². The van der Waals surface area contributed by atoms with Crippen molar-refractivity contribution in [1.29, 1.82) is 0 Å². The Morgan fingerprint density at radius 1 is 1.20 bits per heavy atom. The SMILES string of the molecule is O=C(CSc1nc2ccccc2s1)NCc1ccc(OC(F)F)cc1. The van der Waals surface area contributed by atoms with Crippen LogP contribution in [0.1, 0.15) is 5.56 Å². The predicted molar refractivity (Wildman–Crippen MR) is 95.3 cm³/mol. The van der Waals surface area contributed by atoms with E-state index in [9.17, 15) is 13.6 Å². The fourth-order valence-corrected chi connectivity index (χ4v) is 3.98. The van der Waals surface area contributed by atoms with Crippen LogP contribution in [0.3, 0.4) is 0 Å². The number of nitrogens with zero attached hydrogens (tertiary/aromatic N) is 1. The van der Waals surface area contributed by atoms with E-state index < -0.39 is 6.61 Å². The third kappa shape index (κ3) is 5.14. The van der Waals surface area contributed by atoms with Gasteiger partial charge in [0.25, 0.3) is 0 Å². The van der Waals surface area contributed by atoms with Gasteiger partial charge in [-0.15, -0.1) is 11.3 Å². The fourth-order valence-electron chi connectivity index (χ4n) is 2.08. The Balaban J connectivity index is 1.46. The average Bonchev–Trinajstić information content (AvgIpc) is 3.02. The molecule has 0 aliphatic carbocycles. The van der Waals surface area contributed by atoms with Crippen molar-refractivity contribution >= 4 is 39.2 Å². The molecule has 25 heavy (non-hydrogen) atoms. The van der Waals surface area contributed by atoms with Crippen LogP contribution < -0.4 is 10.1 Å². The monoisotopic (exact) mass is 380 g/mol. The minimum Gasteiger partial charge on any atom is -0.435 e. The molecule has 130 valence electrons. The fraction of sp³-hybridized carbons (Fsp3) is 0.176. The van der Waals surface area contributed by atoms with Gasteiger partial charge in [0.15, 0.2) is 4.34 Å². The van der Waals surface area contributed by atoms with Crippen molar-refractivity contribution in [2.75, 3.05) is 5.75 Å². The highest BCUT2D eigenvalue weighted by Crippen LogP contribution is 2.29. The Kier molecular flexibility index (Phi) is 5.83. The van der Waals surface area contributed by atoms with E-state index in [1.165, 1.54) is 23.9 Å². The molecule has 0 fully saturated rings. The van der Waals surface area contributed by atoms with E-state index in [1.54, 1.807) is 23.5 Å². The summed E-state index contributed by atoms with van der Waals surface area (Å²) >= 11 is 2.95. The summed E-state index contributed by atoms with van der Waals surface area (Å²) in [6.45, 7) is -2.51. The number of hydrogen-bond acceptors (Lipinski definition) is 5. The van der Waals surface area contributed by atoms with Crippen LogP contribution >= 0.6 is 23.1 Å². The molecule has 3 rings (SSSR count). The second-order valence-electron chi connectivity index (χ2n) is 5.04. The van der Waals surface area contributed by atoms with Crippen molar-refractivity contribution in [3.8, 4) is 5.75 Å². The maximum absolute atomic E-state index is 12.1. The van der Waals surface area contributed by atoms with Crippen LogP contribution in [0.4, 0.5) is 8.78 Å². The molecule has 2 aromatic carbocycles. The standard InChI is InChI=1S/C17H14F2N2O2S2/c18-16(19)23-12-7-5-11(6-8-12)9-20-15(22)10-24-17-21-13-3-1-2-4-14(13)25-17/h1-8,16H,9-10H2,(H,20,22). The molecule has 1 N–H and O–H groups in total. The quantitative estimate of drug-likeness (QED) is 0.621. The molecule has 3 aromatic rings. The lowest BCUT2D eigenvalue weighted by Gasteiger charge is -2.07. The van der Waals surface area contributed by atoms with Gasteiger partial charge in [-0.25, -0.2) is 4.98 Å². The Morgan fingerprint density at radius 2 is 1.96 bits per heavy atom. The number of amides is 1. The zero-order valence-electron chi connectivity index (χ0n) is 12.9. The number of ether oxygens (including phenoxy) is 1. The van der Waals surface area contributed by atoms with Crippen LogP contribution in [-0.4, -0.2) is 23.3 Å². The van der Waals surface area contributed by atoms with Crippen LogP contribution in [0.2, 0.25) is 0 Å². The van der Waals surface area contributed by atoms with Crippen LogP contribution in [0.5, 0.6) is 5.75 Å². The second kappa shape index (κ2) is 8.26. The zero-order valence-corrected chi connectivity index (χ0v) is 14.6. The molecule has 8 heteroatoms. The Morgan fingerprint density at radius 3 is 2.68 bits per heavy atom. The number of fused-ring (bicyclic) bond motifs is 1. The van der Waals surface area contributed by atoms with Gasteiger partial charge in [0.05, 0.1) is 16.0 Å². The van der Waals surface area contributed by atoms with Crippen LogP contribution in [0.15, 0.2) is 52.9 Å². The molecule has 4 nitrogen and oxygen atoms in total. The van der Waals surface area contributed by atoms with Gasteiger partial charge in [-0.3, -0.25) is 4.79 Å². The molecular formula is C17H14F2N2O2S2. The molecule has 0 aliphatic rings. The number of aromatic nitrogens is 1. The number of thioether (sulfide) groups is 1. The van der Waals surface area contributed by atoms with Crippen molar-refractivity contribution in [3.05, 3.63) is 54.1 Å². The molecule has 0 unspecified atom stereocenters. The minimum atomic E-state index is -2.84. The molecule has 0 saturated heterocycles. The van der Waals surface area contributed by atoms with E-state index in [0.717, 1.165) is 20.1 Å². The van der Waals surface area contributed by atoms with Crippen molar-refractivity contribution in [2.24, 2.45) is 0 Å². The summed E-state index contributed by atoms with van der Waals surface area (Å²) in [6, 6.07) is 14.0. The summed E-state index contributed by atoms with van der Waals surface area (Å²) in [4.78, 5) is 16.4. The summed E-state index contributed by atoms with van der Waals surface area (Å²) < 4.78 is 30.4. The van der Waals surface area contributed by atoms with E-state index in [4.69, 9.17) is 0 Å². The van der Waals surface area contributed by atoms with Crippen LogP contribution in [0.25, 0.3) is 10.2 Å². The van der Waals surface area contributed by atoms with Crippen LogP contribution in [-0.2, 0) is 11.3 Å². The van der Waals surface area contributed by atoms with Gasteiger partial charge in [-0.05, 0) is 29.8 Å². The van der Waals surface area contributed by atoms with Crippen molar-refractivity contribution in [2.45, 2.75) is 17.5 Å². The third-order valence-electron chi connectivity index (χ3n) is 3.24. The van der Waals surface area contributed by atoms with Crippen LogP contribution in [0, 0.1) is 0 Å². The van der Waals surface area contributed by atoms with Crippen molar-refractivity contribution < 1.29 is 18.3 Å². The molecule has 0 radical (unpaired) electrons. The lowest BCUT2D eigenvalue weighted by molar-refractivity contribution is -0.118. The highest BCUT2D eigenvalue weighted by Gasteiger charge is 2.08. The summed E-state index contributed by atoms with van der Waals surface area (Å²) in [5.41, 5.74) is 1.74. The van der Waals surface area contributed by atoms with E-state index in [2.05, 4.69) is 15.0 Å². The van der Waals surface area contributed by atoms with Gasteiger partial charge in [0.2, 0.25) is 5.91 Å². The molecule has 0 bridgehead atoms. The van der Waals surface area contributed by atoms with E-state index >= 15 is 0 Å². The molecule has 1 amide bonds. The number of alkyl halides is 2. The molecular weight excluding hydrogens is 366 g/mol. The van der Waals surface area contributed by atoms with E-state index in [1.807, 2.05) is 24.3 Å². The Hall–Kier alpha value is -2.19. The first-order valence-electron chi connectivity index (χ1n) is 7.39. The first-order valence-corrected chi connectivity index (χ1v) is 9.19. The van der Waals surface area contributed by atoms with Gasteiger partial charge >= 0.3 is 6.61 Å². The number of halogens is 2. The smallest absolute Gasteiger partial charge is 0.387 e. The number of benzene rings is 2. The van der Waals surface area contributed by atoms with Gasteiger partial charge in [-0.1, -0.05) is 36.0 Å². The predicted octanol–water partition coefficient (Wildman–Crippen LogP) is 4.31. The minimum absolute atomic E-state index is 0.0940. The lowest BCUT2D eigenvalue weighted by atomic mass is 10.2. The van der Waals surface area contributed by atoms with Crippen molar-refractivity contribution in [1.82, 2.24) is 10.3 Å². The number of carbonyl (C=O) groups excluding carboxylic acids is 1. The number of hydrogen-bond donors (Lipinski definition) is 1. The highest BCUT2D eigenvalue weighted by atomic mass is 32.2. The average molecular weight is 380 g/mol. The van der Waals surface area contributed by atoms with E-state index in [-0.39, 0.29) is 17.4 Å². The zero-order chi connectivity index (χ0) is 17.6. The van der Waals surface area contributed by atoms with Gasteiger partial charge in [0, 0.05) is 6.54 Å². The molecule has 0 spiro atoms. The Bertz CT molecular complexity index is 820. The normalized spacial score (nSPS) is 11.0. The number of rotatable bonds is 7. The first kappa shape index (κ1) is 17.6. The molecule has 1 heterocycles. The second-order valence-corrected chi connectivity index (χ2v) is 7.29. The van der Waals surface area contributed by atoms with Crippen molar-refractivity contribution in [3.63, 3.8) is 0 Å².